The third-order valence-electron chi connectivity index (χ3n) is 2.48. The average molecular weight is 326 g/mol. The van der Waals surface area contributed by atoms with Crippen molar-refractivity contribution in [2.45, 2.75) is 26.8 Å². The Balaban J connectivity index is 0.000000885. The average Bonchev–Trinajstić information content (AvgIpc) is 2.35. The van der Waals surface area contributed by atoms with Crippen molar-refractivity contribution in [3.05, 3.63) is 29.1 Å². The number of nitrogens with zero attached hydrogens (tertiary/aromatic N) is 3. The van der Waals surface area contributed by atoms with Crippen molar-refractivity contribution in [3.8, 4) is 6.07 Å². The van der Waals surface area contributed by atoms with E-state index in [2.05, 4.69) is 36.0 Å². The van der Waals surface area contributed by atoms with E-state index in [0.717, 1.165) is 16.8 Å². The number of thiol groups is 2. The molecule has 0 fully saturated rings. The van der Waals surface area contributed by atoms with E-state index in [4.69, 9.17) is 10.1 Å². The Bertz CT molecular complexity index is 539. The van der Waals surface area contributed by atoms with Crippen LogP contribution >= 0.6 is 25.3 Å². The summed E-state index contributed by atoms with van der Waals surface area (Å²) in [5.74, 6) is 0. The first-order valence-electron chi connectivity index (χ1n) is 6.03. The number of primary amides is 1. The summed E-state index contributed by atoms with van der Waals surface area (Å²) in [5, 5.41) is 7.57. The largest absolute Gasteiger partial charge is 0.361 e. The van der Waals surface area contributed by atoms with E-state index in [0.29, 0.717) is 19.5 Å². The lowest BCUT2D eigenvalue weighted by molar-refractivity contribution is 0.222. The molecule has 6 nitrogen and oxygen atoms in total. The van der Waals surface area contributed by atoms with E-state index in [1.54, 1.807) is 6.20 Å². The number of rotatable bonds is 4. The second-order valence-electron chi connectivity index (χ2n) is 4.20. The van der Waals surface area contributed by atoms with Gasteiger partial charge in [0.1, 0.15) is 0 Å². The number of pyridine rings is 1. The highest BCUT2D eigenvalue weighted by atomic mass is 32.1. The molecule has 0 atom stereocenters. The SMILES string of the molecule is Cc1cc(C)c(CN(CCC#N)C(=O)S)cn1.NC(=O)S. The minimum atomic E-state index is -0.639. The highest BCUT2D eigenvalue weighted by Gasteiger charge is 2.11. The van der Waals surface area contributed by atoms with Crippen molar-refractivity contribution >= 4 is 35.7 Å². The van der Waals surface area contributed by atoms with Gasteiger partial charge in [-0.15, -0.1) is 0 Å². The lowest BCUT2D eigenvalue weighted by atomic mass is 10.1. The molecular formula is C13H18N4O2S2. The maximum Gasteiger partial charge on any atom is 0.278 e. The van der Waals surface area contributed by atoms with Crippen molar-refractivity contribution in [1.82, 2.24) is 9.88 Å². The molecule has 0 radical (unpaired) electrons. The van der Waals surface area contributed by atoms with Crippen molar-refractivity contribution in [2.75, 3.05) is 6.54 Å². The number of aryl methyl sites for hydroxylation is 2. The quantitative estimate of drug-likeness (QED) is 0.740. The zero-order chi connectivity index (χ0) is 16.4. The molecule has 0 spiro atoms. The van der Waals surface area contributed by atoms with E-state index >= 15 is 0 Å². The third kappa shape index (κ3) is 8.94. The van der Waals surface area contributed by atoms with Crippen LogP contribution in [0.3, 0.4) is 0 Å². The lowest BCUT2D eigenvalue weighted by Gasteiger charge is -2.20. The molecule has 0 saturated heterocycles. The molecule has 2 amide bonds. The standard InChI is InChI=1S/C12H15N3OS.CH3NOS/c1-9-6-10(2)14-7-11(9)8-15(12(16)17)5-3-4-13;2-1(3)4/h6-7H,3,5,8H2,1-2H3,(H,16,17);(H3,2,3,4). The number of aromatic nitrogens is 1. The van der Waals surface area contributed by atoms with Gasteiger partial charge in [-0.25, -0.2) is 0 Å². The van der Waals surface area contributed by atoms with Crippen LogP contribution in [0.2, 0.25) is 0 Å². The van der Waals surface area contributed by atoms with E-state index in [-0.39, 0.29) is 5.24 Å². The summed E-state index contributed by atoms with van der Waals surface area (Å²) < 4.78 is 0. The van der Waals surface area contributed by atoms with E-state index in [1.807, 2.05) is 26.0 Å². The molecule has 21 heavy (non-hydrogen) atoms. The summed E-state index contributed by atoms with van der Waals surface area (Å²) in [4.78, 5) is 26.1. The maximum atomic E-state index is 11.3. The molecule has 0 aliphatic carbocycles. The first-order valence-corrected chi connectivity index (χ1v) is 6.92. The number of hydrogen-bond donors (Lipinski definition) is 3. The fraction of sp³-hybridized carbons (Fsp3) is 0.385. The molecule has 1 heterocycles. The Morgan fingerprint density at radius 1 is 1.43 bits per heavy atom. The van der Waals surface area contributed by atoms with Crippen LogP contribution < -0.4 is 5.73 Å². The number of nitriles is 1. The number of carbonyl (C=O) groups is 2. The van der Waals surface area contributed by atoms with Crippen molar-refractivity contribution in [1.29, 1.82) is 5.26 Å². The number of nitrogens with two attached hydrogens (primary N) is 1. The Morgan fingerprint density at radius 2 is 2.00 bits per heavy atom. The van der Waals surface area contributed by atoms with Crippen LogP contribution in [0.25, 0.3) is 0 Å². The van der Waals surface area contributed by atoms with Gasteiger partial charge >= 0.3 is 0 Å². The van der Waals surface area contributed by atoms with Gasteiger partial charge in [0.05, 0.1) is 12.5 Å². The van der Waals surface area contributed by atoms with Gasteiger partial charge < -0.3 is 10.6 Å². The molecule has 1 aromatic heterocycles. The summed E-state index contributed by atoms with van der Waals surface area (Å²) >= 11 is 6.91. The molecule has 0 saturated carbocycles. The summed E-state index contributed by atoms with van der Waals surface area (Å²) in [6, 6.07) is 3.99. The molecule has 0 bridgehead atoms. The summed E-state index contributed by atoms with van der Waals surface area (Å²) in [6.07, 6.45) is 2.07. The van der Waals surface area contributed by atoms with Crippen molar-refractivity contribution in [3.63, 3.8) is 0 Å². The molecular weight excluding hydrogens is 308 g/mol. The monoisotopic (exact) mass is 326 g/mol. The zero-order valence-electron chi connectivity index (χ0n) is 11.9. The van der Waals surface area contributed by atoms with Crippen LogP contribution in [0.5, 0.6) is 0 Å². The summed E-state index contributed by atoms with van der Waals surface area (Å²) in [7, 11) is 0. The van der Waals surface area contributed by atoms with Crippen molar-refractivity contribution < 1.29 is 9.59 Å². The summed E-state index contributed by atoms with van der Waals surface area (Å²) in [5.41, 5.74) is 7.36. The maximum absolute atomic E-state index is 11.3. The van der Waals surface area contributed by atoms with Crippen molar-refractivity contribution in [2.24, 2.45) is 5.73 Å². The molecule has 0 aliphatic heterocycles. The Morgan fingerprint density at radius 3 is 2.43 bits per heavy atom. The zero-order valence-corrected chi connectivity index (χ0v) is 13.7. The van der Waals surface area contributed by atoms with Crippen LogP contribution in [-0.4, -0.2) is 26.9 Å². The number of hydrogen-bond acceptors (Lipinski definition) is 4. The highest BCUT2D eigenvalue weighted by molar-refractivity contribution is 7.96. The van der Waals surface area contributed by atoms with Gasteiger partial charge in [-0.1, -0.05) is 25.3 Å². The van der Waals surface area contributed by atoms with Gasteiger partial charge in [0.25, 0.3) is 10.5 Å². The second-order valence-corrected chi connectivity index (χ2v) is 5.03. The molecule has 1 aromatic rings. The Kier molecular flexibility index (Phi) is 9.25. The van der Waals surface area contributed by atoms with Gasteiger partial charge in [-0.3, -0.25) is 14.6 Å². The third-order valence-corrected chi connectivity index (χ3v) is 2.76. The second kappa shape index (κ2) is 10.1. The molecule has 8 heteroatoms. The van der Waals surface area contributed by atoms with E-state index in [1.165, 1.54) is 4.90 Å². The molecule has 114 valence electrons. The Hall–Kier alpha value is -1.72. The van der Waals surface area contributed by atoms with Gasteiger partial charge in [-0.05, 0) is 31.0 Å². The lowest BCUT2D eigenvalue weighted by Crippen LogP contribution is -2.27. The van der Waals surface area contributed by atoms with E-state index < -0.39 is 5.24 Å². The molecule has 2 N–H and O–H groups in total. The van der Waals surface area contributed by atoms with Crippen LogP contribution in [-0.2, 0) is 6.54 Å². The molecule has 0 unspecified atom stereocenters. The smallest absolute Gasteiger partial charge is 0.278 e. The van der Waals surface area contributed by atoms with Crippen LogP contribution in [0.15, 0.2) is 12.3 Å². The minimum absolute atomic E-state index is 0.310. The van der Waals surface area contributed by atoms with Gasteiger partial charge in [-0.2, -0.15) is 5.26 Å². The molecule has 0 aliphatic rings. The fourth-order valence-corrected chi connectivity index (χ4v) is 1.69. The van der Waals surface area contributed by atoms with Gasteiger partial charge in [0.15, 0.2) is 0 Å². The predicted octanol–water partition coefficient (Wildman–Crippen LogP) is 2.46. The minimum Gasteiger partial charge on any atom is -0.361 e. The van der Waals surface area contributed by atoms with Crippen LogP contribution in [0.1, 0.15) is 23.2 Å². The first kappa shape index (κ1) is 19.3. The normalized spacial score (nSPS) is 9.10. The van der Waals surface area contributed by atoms with E-state index in [9.17, 15) is 4.79 Å². The van der Waals surface area contributed by atoms with Gasteiger partial charge in [0.2, 0.25) is 0 Å². The fourth-order valence-electron chi connectivity index (χ4n) is 1.52. The summed E-state index contributed by atoms with van der Waals surface area (Å²) in [6.45, 7) is 4.75. The van der Waals surface area contributed by atoms with Crippen LogP contribution in [0.4, 0.5) is 9.59 Å². The first-order chi connectivity index (χ1) is 9.77. The van der Waals surface area contributed by atoms with Gasteiger partial charge in [0, 0.05) is 25.0 Å². The van der Waals surface area contributed by atoms with Crippen LogP contribution in [0, 0.1) is 25.2 Å². The molecule has 0 aromatic carbocycles. The number of amides is 2. The Labute approximate surface area is 135 Å². The number of carbonyl (C=O) groups excluding carboxylic acids is 2. The highest BCUT2D eigenvalue weighted by Crippen LogP contribution is 2.12. The topological polar surface area (TPSA) is 100 Å². The molecule has 1 rings (SSSR count). The predicted molar refractivity (Wildman–Crippen MR) is 87.3 cm³/mol.